The van der Waals surface area contributed by atoms with Gasteiger partial charge in [-0.3, -0.25) is 4.79 Å². The molecule has 2 unspecified atom stereocenters. The highest BCUT2D eigenvalue weighted by atomic mass is 16.5. The summed E-state index contributed by atoms with van der Waals surface area (Å²) < 4.78 is 5.23. The van der Waals surface area contributed by atoms with Gasteiger partial charge >= 0.3 is 5.97 Å². The summed E-state index contributed by atoms with van der Waals surface area (Å²) in [6, 6.07) is 18.3. The third-order valence-corrected chi connectivity index (χ3v) is 9.74. The molecule has 45 heavy (non-hydrogen) atoms. The number of phenolic OH excluding ortho intramolecular Hbond substituents is 1. The predicted octanol–water partition coefficient (Wildman–Crippen LogP) is 5.58. The zero-order valence-electron chi connectivity index (χ0n) is 25.5. The van der Waals surface area contributed by atoms with Crippen LogP contribution < -0.4 is 15.5 Å². The average molecular weight is 606 g/mol. The second kappa shape index (κ2) is 12.3. The number of esters is 1. The number of nitrogen functional groups attached to an aromatic ring is 1. The smallest absolute Gasteiger partial charge is 0.308 e. The zero-order chi connectivity index (χ0) is 30.9. The molecule has 3 aliphatic rings. The summed E-state index contributed by atoms with van der Waals surface area (Å²) in [7, 11) is 0. The predicted molar refractivity (Wildman–Crippen MR) is 174 cm³/mol. The van der Waals surface area contributed by atoms with E-state index in [0.717, 1.165) is 74.4 Å². The molecule has 2 saturated heterocycles. The maximum atomic E-state index is 12.1. The molecule has 0 amide bonds. The highest BCUT2D eigenvalue weighted by Gasteiger charge is 2.42. The van der Waals surface area contributed by atoms with Gasteiger partial charge in [-0.1, -0.05) is 36.4 Å². The van der Waals surface area contributed by atoms with E-state index in [1.807, 2.05) is 37.5 Å². The minimum Gasteiger partial charge on any atom is -0.507 e. The number of piperazine rings is 1. The third kappa shape index (κ3) is 5.77. The molecule has 10 heteroatoms. The van der Waals surface area contributed by atoms with Gasteiger partial charge in [-0.15, -0.1) is 10.2 Å². The van der Waals surface area contributed by atoms with Gasteiger partial charge in [0.2, 0.25) is 5.95 Å². The van der Waals surface area contributed by atoms with Crippen LogP contribution >= 0.6 is 0 Å². The lowest BCUT2D eigenvalue weighted by Crippen LogP contribution is -2.54. The molecule has 1 saturated carbocycles. The summed E-state index contributed by atoms with van der Waals surface area (Å²) in [5.74, 6) is 1.80. The number of rotatable bonds is 7. The van der Waals surface area contributed by atoms with E-state index < -0.39 is 0 Å². The van der Waals surface area contributed by atoms with Crippen molar-refractivity contribution in [3.8, 4) is 28.1 Å². The molecule has 3 N–H and O–H groups in total. The van der Waals surface area contributed by atoms with Crippen LogP contribution in [0.3, 0.4) is 0 Å². The molecular formula is C35H39N7O3. The summed E-state index contributed by atoms with van der Waals surface area (Å²) in [6.45, 7) is 3.87. The van der Waals surface area contributed by atoms with Crippen molar-refractivity contribution in [2.24, 2.45) is 5.92 Å². The lowest BCUT2D eigenvalue weighted by atomic mass is 9.78. The Balaban J connectivity index is 1.01. The number of aromatic hydroxyl groups is 1. The van der Waals surface area contributed by atoms with Gasteiger partial charge in [-0.25, -0.2) is 9.97 Å². The van der Waals surface area contributed by atoms with Crippen LogP contribution in [0.4, 0.5) is 17.5 Å². The largest absolute Gasteiger partial charge is 0.507 e. The number of para-hydroxylation sites is 1. The summed E-state index contributed by atoms with van der Waals surface area (Å²) in [4.78, 5) is 26.4. The van der Waals surface area contributed by atoms with E-state index in [4.69, 9.17) is 20.4 Å². The van der Waals surface area contributed by atoms with Gasteiger partial charge in [0, 0.05) is 48.7 Å². The van der Waals surface area contributed by atoms with Crippen molar-refractivity contribution < 1.29 is 14.6 Å². The fraction of sp³-hybridized carbons (Fsp3) is 0.400. The van der Waals surface area contributed by atoms with Gasteiger partial charge in [0.05, 0.1) is 23.9 Å². The maximum absolute atomic E-state index is 12.1. The molecule has 10 nitrogen and oxygen atoms in total. The van der Waals surface area contributed by atoms with Crippen molar-refractivity contribution in [2.45, 2.75) is 63.5 Å². The van der Waals surface area contributed by atoms with Crippen LogP contribution in [0.1, 0.15) is 56.9 Å². The summed E-state index contributed by atoms with van der Waals surface area (Å²) in [6.07, 6.45) is 9.77. The van der Waals surface area contributed by atoms with Crippen LogP contribution in [0.5, 0.6) is 5.75 Å². The second-order valence-corrected chi connectivity index (χ2v) is 12.4. The number of phenols is 1. The van der Waals surface area contributed by atoms with Gasteiger partial charge < -0.3 is 25.4 Å². The lowest BCUT2D eigenvalue weighted by Gasteiger charge is -2.42. The van der Waals surface area contributed by atoms with E-state index in [1.165, 1.54) is 5.56 Å². The molecule has 2 atom stereocenters. The zero-order valence-corrected chi connectivity index (χ0v) is 25.5. The molecule has 2 aromatic heterocycles. The highest BCUT2D eigenvalue weighted by Crippen LogP contribution is 2.39. The highest BCUT2D eigenvalue weighted by molar-refractivity contribution is 5.75. The van der Waals surface area contributed by atoms with Crippen molar-refractivity contribution in [1.82, 2.24) is 20.2 Å². The molecule has 4 heterocycles. The third-order valence-electron chi connectivity index (χ3n) is 9.74. The normalized spacial score (nSPS) is 22.8. The quantitative estimate of drug-likeness (QED) is 0.257. The van der Waals surface area contributed by atoms with Crippen LogP contribution in [0.2, 0.25) is 0 Å². The first-order valence-corrected chi connectivity index (χ1v) is 16.0. The Bertz CT molecular complexity index is 1640. The first-order valence-electron chi connectivity index (χ1n) is 16.0. The van der Waals surface area contributed by atoms with Crippen molar-refractivity contribution >= 4 is 23.4 Å². The minimum absolute atomic E-state index is 0.0419. The monoisotopic (exact) mass is 605 g/mol. The fourth-order valence-electron chi connectivity index (χ4n) is 7.37. The molecular weight excluding hydrogens is 566 g/mol. The van der Waals surface area contributed by atoms with Crippen LogP contribution in [-0.2, 0) is 9.53 Å². The second-order valence-electron chi connectivity index (χ2n) is 12.4. The van der Waals surface area contributed by atoms with E-state index in [-0.39, 0.29) is 29.7 Å². The first kappa shape index (κ1) is 29.0. The van der Waals surface area contributed by atoms with Crippen LogP contribution in [0.25, 0.3) is 22.4 Å². The van der Waals surface area contributed by atoms with Crippen molar-refractivity contribution in [1.29, 1.82) is 0 Å². The Morgan fingerprint density at radius 2 is 1.60 bits per heavy atom. The molecule has 7 rings (SSSR count). The number of benzene rings is 2. The van der Waals surface area contributed by atoms with Gasteiger partial charge in [-0.05, 0) is 80.7 Å². The van der Waals surface area contributed by atoms with Crippen molar-refractivity contribution in [3.63, 3.8) is 0 Å². The van der Waals surface area contributed by atoms with Gasteiger partial charge in [0.1, 0.15) is 5.75 Å². The fourth-order valence-corrected chi connectivity index (χ4v) is 7.37. The molecule has 0 radical (unpaired) electrons. The van der Waals surface area contributed by atoms with Gasteiger partial charge in [0.25, 0.3) is 0 Å². The molecule has 4 aromatic rings. The number of fused-ring (bicyclic) bond motifs is 2. The van der Waals surface area contributed by atoms with Crippen LogP contribution in [-0.4, -0.2) is 63.0 Å². The number of nitrogens with zero attached hydrogens (tertiary/aromatic N) is 6. The first-order chi connectivity index (χ1) is 22.0. The van der Waals surface area contributed by atoms with E-state index in [0.29, 0.717) is 29.6 Å². The Morgan fingerprint density at radius 1 is 0.911 bits per heavy atom. The maximum Gasteiger partial charge on any atom is 0.308 e. The van der Waals surface area contributed by atoms with E-state index in [1.54, 1.807) is 12.1 Å². The standard InChI is InChI=1S/C35H39N7O3/c1-2-45-34(44)25-13-11-23(12-14-25)22-7-9-24(10-8-22)26-18-37-35(38-19-26)42-27-15-16-28(42)21-41(20-27)31-17-30(39-40-33(31)36)29-5-3-4-6-32(29)43/h3-10,17-19,23,25,27-28,43H,2,11-16,20-21H2,1H3,(H2,36,40). The molecule has 1 aliphatic carbocycles. The van der Waals surface area contributed by atoms with E-state index in [2.05, 4.69) is 44.3 Å². The van der Waals surface area contributed by atoms with Crippen molar-refractivity contribution in [3.05, 3.63) is 72.6 Å². The number of hydrogen-bond acceptors (Lipinski definition) is 10. The number of carbonyl (C=O) groups is 1. The van der Waals surface area contributed by atoms with E-state index in [9.17, 15) is 9.90 Å². The van der Waals surface area contributed by atoms with Crippen molar-refractivity contribution in [2.75, 3.05) is 35.2 Å². The minimum atomic E-state index is -0.0419. The summed E-state index contributed by atoms with van der Waals surface area (Å²) in [5.41, 5.74) is 11.8. The number of ether oxygens (including phenoxy) is 1. The molecule has 3 fully saturated rings. The molecule has 232 valence electrons. The van der Waals surface area contributed by atoms with E-state index >= 15 is 0 Å². The Hall–Kier alpha value is -4.73. The number of anilines is 3. The number of hydrogen-bond donors (Lipinski definition) is 2. The van der Waals surface area contributed by atoms with Crippen LogP contribution in [0.15, 0.2) is 67.0 Å². The average Bonchev–Trinajstić information content (AvgIpc) is 3.34. The number of nitrogens with two attached hydrogens (primary N) is 1. The Labute approximate surface area is 263 Å². The number of aromatic nitrogens is 4. The molecule has 2 bridgehead atoms. The lowest BCUT2D eigenvalue weighted by molar-refractivity contribution is -0.149. The van der Waals surface area contributed by atoms with Gasteiger partial charge in [0.15, 0.2) is 5.82 Å². The van der Waals surface area contributed by atoms with Gasteiger partial charge in [-0.2, -0.15) is 0 Å². The molecule has 0 spiro atoms. The van der Waals surface area contributed by atoms with Crippen LogP contribution in [0, 0.1) is 5.92 Å². The SMILES string of the molecule is CCOC(=O)C1CCC(c2ccc(-c3cnc(N4C5CCC4CN(c4cc(-c6ccccc6O)nnc4N)C5)nc3)cc2)CC1. The Kier molecular flexibility index (Phi) is 7.95. The number of carbonyl (C=O) groups excluding carboxylic acids is 1. The summed E-state index contributed by atoms with van der Waals surface area (Å²) in [5, 5.41) is 18.8. The molecule has 2 aromatic carbocycles. The summed E-state index contributed by atoms with van der Waals surface area (Å²) >= 11 is 0. The Morgan fingerprint density at radius 3 is 2.27 bits per heavy atom. The topological polar surface area (TPSA) is 131 Å². The molecule has 2 aliphatic heterocycles.